The molecule has 0 radical (unpaired) electrons. The molecule has 1 aromatic heterocycles. The van der Waals surface area contributed by atoms with Crippen molar-refractivity contribution in [2.75, 3.05) is 0 Å². The zero-order valence-corrected chi connectivity index (χ0v) is 11.6. The van der Waals surface area contributed by atoms with Crippen molar-refractivity contribution in [1.82, 2.24) is 0 Å². The van der Waals surface area contributed by atoms with Crippen LogP contribution >= 0.6 is 0 Å². The van der Waals surface area contributed by atoms with E-state index < -0.39 is 10.5 Å². The van der Waals surface area contributed by atoms with Crippen LogP contribution in [0.25, 0.3) is 11.0 Å². The molecule has 2 aromatic carbocycles. The third-order valence-electron chi connectivity index (χ3n) is 3.21. The van der Waals surface area contributed by atoms with Gasteiger partial charge in [0, 0.05) is 29.7 Å². The first-order chi connectivity index (χ1) is 10.5. The smallest absolute Gasteiger partial charge is 0.336 e. The number of non-ortho nitro benzene ring substituents is 1. The fourth-order valence-corrected chi connectivity index (χ4v) is 2.14. The van der Waals surface area contributed by atoms with E-state index in [-0.39, 0.29) is 5.69 Å². The molecule has 0 unspecified atom stereocenters. The van der Waals surface area contributed by atoms with E-state index in [0.29, 0.717) is 17.1 Å². The maximum atomic E-state index is 11.4. The minimum absolute atomic E-state index is 0.00696. The molecule has 0 bridgehead atoms. The number of fused-ring (bicyclic) bond motifs is 1. The van der Waals surface area contributed by atoms with Crippen molar-refractivity contribution in [3.8, 4) is 11.5 Å². The molecular formula is C16H11NO5. The van der Waals surface area contributed by atoms with Crippen molar-refractivity contribution < 1.29 is 14.1 Å². The lowest BCUT2D eigenvalue weighted by atomic mass is 10.1. The Hall–Kier alpha value is -3.15. The second kappa shape index (κ2) is 5.33. The summed E-state index contributed by atoms with van der Waals surface area (Å²) in [5.74, 6) is 0.940. The molecular weight excluding hydrogens is 286 g/mol. The third kappa shape index (κ3) is 2.67. The summed E-state index contributed by atoms with van der Waals surface area (Å²) in [6.07, 6.45) is 0. The molecule has 0 spiro atoms. The average Bonchev–Trinajstić information content (AvgIpc) is 2.47. The Morgan fingerprint density at radius 2 is 1.73 bits per heavy atom. The predicted molar refractivity (Wildman–Crippen MR) is 80.4 cm³/mol. The summed E-state index contributed by atoms with van der Waals surface area (Å²) in [6.45, 7) is 1.83. The predicted octanol–water partition coefficient (Wildman–Crippen LogP) is 3.80. The number of aryl methyl sites for hydroxylation is 1. The van der Waals surface area contributed by atoms with Crippen molar-refractivity contribution in [2.45, 2.75) is 6.92 Å². The van der Waals surface area contributed by atoms with Gasteiger partial charge in [-0.25, -0.2) is 4.79 Å². The van der Waals surface area contributed by atoms with Gasteiger partial charge in [0.2, 0.25) is 0 Å². The Labute approximate surface area is 124 Å². The van der Waals surface area contributed by atoms with E-state index in [9.17, 15) is 14.9 Å². The lowest BCUT2D eigenvalue weighted by Gasteiger charge is -2.07. The van der Waals surface area contributed by atoms with Crippen molar-refractivity contribution >= 4 is 16.7 Å². The monoisotopic (exact) mass is 297 g/mol. The van der Waals surface area contributed by atoms with Gasteiger partial charge in [0.25, 0.3) is 5.69 Å². The molecule has 0 aliphatic rings. The first-order valence-electron chi connectivity index (χ1n) is 6.50. The summed E-state index contributed by atoms with van der Waals surface area (Å²) in [7, 11) is 0. The van der Waals surface area contributed by atoms with Crippen LogP contribution in [0.3, 0.4) is 0 Å². The molecule has 0 N–H and O–H groups in total. The minimum Gasteiger partial charge on any atom is -0.457 e. The first-order valence-corrected chi connectivity index (χ1v) is 6.50. The summed E-state index contributed by atoms with van der Waals surface area (Å²) in [6, 6.07) is 12.3. The summed E-state index contributed by atoms with van der Waals surface area (Å²) >= 11 is 0. The molecule has 0 amide bonds. The van der Waals surface area contributed by atoms with Gasteiger partial charge in [0.1, 0.15) is 17.1 Å². The number of ether oxygens (including phenoxy) is 1. The Bertz CT molecular complexity index is 912. The molecule has 3 rings (SSSR count). The van der Waals surface area contributed by atoms with Crippen LogP contribution in [0.1, 0.15) is 5.56 Å². The van der Waals surface area contributed by atoms with Crippen LogP contribution in [0.2, 0.25) is 0 Å². The van der Waals surface area contributed by atoms with Crippen molar-refractivity contribution in [2.24, 2.45) is 0 Å². The zero-order valence-electron chi connectivity index (χ0n) is 11.6. The van der Waals surface area contributed by atoms with Crippen molar-refractivity contribution in [1.29, 1.82) is 0 Å². The van der Waals surface area contributed by atoms with Crippen LogP contribution in [0.15, 0.2) is 57.7 Å². The quantitative estimate of drug-likeness (QED) is 0.417. The number of benzene rings is 2. The van der Waals surface area contributed by atoms with E-state index in [0.717, 1.165) is 10.9 Å². The van der Waals surface area contributed by atoms with E-state index in [4.69, 9.17) is 9.15 Å². The van der Waals surface area contributed by atoms with Crippen molar-refractivity contribution in [3.63, 3.8) is 0 Å². The summed E-state index contributed by atoms with van der Waals surface area (Å²) in [5.41, 5.74) is 0.836. The molecule has 6 nitrogen and oxygen atoms in total. The third-order valence-corrected chi connectivity index (χ3v) is 3.21. The van der Waals surface area contributed by atoms with Gasteiger partial charge >= 0.3 is 5.63 Å². The Kier molecular flexibility index (Phi) is 3.34. The fourth-order valence-electron chi connectivity index (χ4n) is 2.14. The molecule has 3 aromatic rings. The highest BCUT2D eigenvalue weighted by Crippen LogP contribution is 2.27. The fraction of sp³-hybridized carbons (Fsp3) is 0.0625. The molecule has 0 fully saturated rings. The van der Waals surface area contributed by atoms with Gasteiger partial charge in [-0.15, -0.1) is 0 Å². The van der Waals surface area contributed by atoms with Gasteiger partial charge in [0.15, 0.2) is 0 Å². The van der Waals surface area contributed by atoms with Gasteiger partial charge in [-0.1, -0.05) is 0 Å². The van der Waals surface area contributed by atoms with Gasteiger partial charge in [0.05, 0.1) is 4.92 Å². The summed E-state index contributed by atoms with van der Waals surface area (Å²) in [4.78, 5) is 21.5. The number of hydrogen-bond acceptors (Lipinski definition) is 5. The Morgan fingerprint density at radius 3 is 2.41 bits per heavy atom. The standard InChI is InChI=1S/C16H11NO5/c1-10-8-16(18)22-15-9-13(6-7-14(10)15)21-12-4-2-11(3-5-12)17(19)20/h2-9H,1H3. The number of nitrogens with zero attached hydrogens (tertiary/aromatic N) is 1. The molecule has 0 atom stereocenters. The molecule has 0 saturated heterocycles. The summed E-state index contributed by atoms with van der Waals surface area (Å²) in [5, 5.41) is 11.4. The molecule has 6 heteroatoms. The molecule has 0 aliphatic carbocycles. The van der Waals surface area contributed by atoms with Crippen LogP contribution in [0.5, 0.6) is 11.5 Å². The topological polar surface area (TPSA) is 82.6 Å². The number of hydrogen-bond donors (Lipinski definition) is 0. The average molecular weight is 297 g/mol. The maximum absolute atomic E-state index is 11.4. The summed E-state index contributed by atoms with van der Waals surface area (Å²) < 4.78 is 10.8. The van der Waals surface area contributed by atoms with Gasteiger partial charge in [-0.2, -0.15) is 0 Å². The van der Waals surface area contributed by atoms with Crippen LogP contribution < -0.4 is 10.4 Å². The largest absolute Gasteiger partial charge is 0.457 e. The zero-order chi connectivity index (χ0) is 15.7. The highest BCUT2D eigenvalue weighted by atomic mass is 16.6. The van der Waals surface area contributed by atoms with Crippen LogP contribution in [0, 0.1) is 17.0 Å². The normalized spacial score (nSPS) is 10.6. The number of nitro groups is 1. The second-order valence-electron chi connectivity index (χ2n) is 4.76. The van der Waals surface area contributed by atoms with Gasteiger partial charge in [-0.05, 0) is 36.8 Å². The molecule has 0 saturated carbocycles. The van der Waals surface area contributed by atoms with Crippen molar-refractivity contribution in [3.05, 3.63) is 74.6 Å². The van der Waals surface area contributed by atoms with Crippen LogP contribution in [-0.4, -0.2) is 4.92 Å². The van der Waals surface area contributed by atoms with Crippen LogP contribution in [0.4, 0.5) is 5.69 Å². The second-order valence-corrected chi connectivity index (χ2v) is 4.76. The first kappa shape index (κ1) is 13.8. The molecule has 1 heterocycles. The highest BCUT2D eigenvalue weighted by molar-refractivity contribution is 5.81. The Balaban J connectivity index is 1.93. The van der Waals surface area contributed by atoms with E-state index in [2.05, 4.69) is 0 Å². The highest BCUT2D eigenvalue weighted by Gasteiger charge is 2.07. The van der Waals surface area contributed by atoms with E-state index in [1.165, 1.54) is 30.3 Å². The Morgan fingerprint density at radius 1 is 1.05 bits per heavy atom. The molecule has 22 heavy (non-hydrogen) atoms. The van der Waals surface area contributed by atoms with Gasteiger partial charge in [-0.3, -0.25) is 10.1 Å². The number of rotatable bonds is 3. The van der Waals surface area contributed by atoms with Gasteiger partial charge < -0.3 is 9.15 Å². The minimum atomic E-state index is -0.475. The maximum Gasteiger partial charge on any atom is 0.336 e. The lowest BCUT2D eigenvalue weighted by molar-refractivity contribution is -0.384. The SMILES string of the molecule is Cc1cc(=O)oc2cc(Oc3ccc([N+](=O)[O-])cc3)ccc12. The molecule has 0 aliphatic heterocycles. The van der Waals surface area contributed by atoms with Crippen LogP contribution in [-0.2, 0) is 0 Å². The molecule has 110 valence electrons. The number of nitro benzene ring substituents is 1. The van der Waals surface area contributed by atoms with E-state index in [1.54, 1.807) is 18.2 Å². The van der Waals surface area contributed by atoms with E-state index >= 15 is 0 Å². The lowest BCUT2D eigenvalue weighted by Crippen LogP contribution is -1.97. The van der Waals surface area contributed by atoms with E-state index in [1.807, 2.05) is 6.92 Å².